The van der Waals surface area contributed by atoms with Gasteiger partial charge in [0.1, 0.15) is 25.3 Å². The summed E-state index contributed by atoms with van der Waals surface area (Å²) in [6, 6.07) is 6.95. The predicted molar refractivity (Wildman–Crippen MR) is 222 cm³/mol. The van der Waals surface area contributed by atoms with Crippen LogP contribution in [0.2, 0.25) is 0 Å². The van der Waals surface area contributed by atoms with Crippen molar-refractivity contribution in [2.75, 3.05) is 14.1 Å². The van der Waals surface area contributed by atoms with E-state index in [9.17, 15) is 38.4 Å². The molecule has 64 heavy (non-hydrogen) atoms. The number of carbonyl (C=O) groups excluding carboxylic acids is 8. The summed E-state index contributed by atoms with van der Waals surface area (Å²) < 4.78 is 45.2. The average Bonchev–Trinajstić information content (AvgIpc) is 3.39. The largest absolute Gasteiger partial charge is 0.462 e. The standard InChI is InChI=1S/C46H58N2O16/c1-25(49)57-39-15-31(16-40(58-26(2)50)45(39)61-29(5)53)23-47(7)33-9-10-34(47)20-37(19-33)63-43(55)13-14-44(56)64-38-21-35-11-12-36(22-38)48(35,8)24-32-17-41(59-27(3)51)46(62-30(6)54)42(18-32)60-28(4)52/h15-18,33-38H,9-14,19-24H2,1-8H3/q+2/t33-,34+,35-,36+,37?,38?,47?,48?. The number of hydrogen-bond acceptors (Lipinski definition) is 16. The molecule has 4 heterocycles. The Morgan fingerprint density at radius 2 is 0.688 bits per heavy atom. The number of piperidine rings is 2. The van der Waals surface area contributed by atoms with Crippen LogP contribution in [0.25, 0.3) is 0 Å². The van der Waals surface area contributed by atoms with Crippen LogP contribution < -0.4 is 28.4 Å². The lowest BCUT2D eigenvalue weighted by Crippen LogP contribution is -2.58. The summed E-state index contributed by atoms with van der Waals surface area (Å²) >= 11 is 0. The molecular formula is C46H58N2O16+2. The first-order valence-electron chi connectivity index (χ1n) is 21.6. The van der Waals surface area contributed by atoms with Gasteiger partial charge in [0.15, 0.2) is 23.0 Å². The van der Waals surface area contributed by atoms with Crippen LogP contribution in [0.4, 0.5) is 0 Å². The molecule has 0 N–H and O–H groups in total. The van der Waals surface area contributed by atoms with Crippen LogP contribution in [0.3, 0.4) is 0 Å². The fraction of sp³-hybridized carbons (Fsp3) is 0.565. The summed E-state index contributed by atoms with van der Waals surface area (Å²) in [4.78, 5) is 97.9. The predicted octanol–water partition coefficient (Wildman–Crippen LogP) is 5.09. The lowest BCUT2D eigenvalue weighted by Gasteiger charge is -2.47. The molecule has 4 fully saturated rings. The van der Waals surface area contributed by atoms with Crippen molar-refractivity contribution < 1.29 is 85.2 Å². The molecule has 4 bridgehead atoms. The third-order valence-corrected chi connectivity index (χ3v) is 13.0. The monoisotopic (exact) mass is 894 g/mol. The molecule has 4 unspecified atom stereocenters. The molecule has 346 valence electrons. The molecule has 18 heteroatoms. The zero-order chi connectivity index (χ0) is 46.7. The van der Waals surface area contributed by atoms with E-state index in [1.165, 1.54) is 41.5 Å². The van der Waals surface area contributed by atoms with Gasteiger partial charge in [0.2, 0.25) is 11.5 Å². The van der Waals surface area contributed by atoms with Gasteiger partial charge < -0.3 is 46.9 Å². The Labute approximate surface area is 371 Å². The second-order valence-electron chi connectivity index (χ2n) is 17.9. The van der Waals surface area contributed by atoms with E-state index < -0.39 is 47.8 Å². The number of hydrogen-bond donors (Lipinski definition) is 0. The van der Waals surface area contributed by atoms with Gasteiger partial charge in [-0.2, -0.15) is 0 Å². The van der Waals surface area contributed by atoms with Crippen LogP contribution in [-0.2, 0) is 60.9 Å². The maximum Gasteiger partial charge on any atom is 0.308 e. The molecule has 2 aromatic rings. The normalized spacial score (nSPS) is 26.5. The van der Waals surface area contributed by atoms with Crippen molar-refractivity contribution in [3.8, 4) is 34.5 Å². The summed E-state index contributed by atoms with van der Waals surface area (Å²) in [5.41, 5.74) is 1.39. The number of carbonyl (C=O) groups is 8. The average molecular weight is 895 g/mol. The third kappa shape index (κ3) is 11.2. The van der Waals surface area contributed by atoms with Gasteiger partial charge in [0.05, 0.1) is 51.1 Å². The minimum Gasteiger partial charge on any atom is -0.462 e. The number of quaternary nitrogens is 2. The summed E-state index contributed by atoms with van der Waals surface area (Å²) in [5.74, 6) is -5.36. The zero-order valence-corrected chi connectivity index (χ0v) is 37.7. The van der Waals surface area contributed by atoms with Gasteiger partial charge in [0.25, 0.3) is 0 Å². The van der Waals surface area contributed by atoms with Crippen LogP contribution in [0, 0.1) is 0 Å². The summed E-state index contributed by atoms with van der Waals surface area (Å²) in [7, 11) is 4.25. The molecule has 0 saturated carbocycles. The van der Waals surface area contributed by atoms with E-state index >= 15 is 0 Å². The first-order chi connectivity index (χ1) is 30.1. The van der Waals surface area contributed by atoms with Gasteiger partial charge in [0, 0.05) is 104 Å². The van der Waals surface area contributed by atoms with E-state index in [2.05, 4.69) is 14.1 Å². The molecule has 4 aliphatic rings. The molecule has 4 aliphatic heterocycles. The molecule has 0 spiro atoms. The number of rotatable bonds is 15. The lowest BCUT2D eigenvalue weighted by atomic mass is 9.95. The quantitative estimate of drug-likeness (QED) is 0.130. The Bertz CT molecular complexity index is 1960. The number of esters is 8. The molecule has 6 rings (SSSR count). The van der Waals surface area contributed by atoms with E-state index in [4.69, 9.17) is 37.9 Å². The van der Waals surface area contributed by atoms with Crippen molar-refractivity contribution in [1.29, 1.82) is 0 Å². The van der Waals surface area contributed by atoms with Gasteiger partial charge in [-0.25, -0.2) is 0 Å². The maximum absolute atomic E-state index is 13.1. The van der Waals surface area contributed by atoms with Crippen LogP contribution in [0.1, 0.15) is 117 Å². The Balaban J connectivity index is 1.03. The van der Waals surface area contributed by atoms with Crippen molar-refractivity contribution in [3.63, 3.8) is 0 Å². The fourth-order valence-electron chi connectivity index (χ4n) is 10.4. The number of nitrogens with zero attached hydrogens (tertiary/aromatic N) is 2. The third-order valence-electron chi connectivity index (χ3n) is 13.0. The lowest BCUT2D eigenvalue weighted by molar-refractivity contribution is -0.961. The molecule has 18 nitrogen and oxygen atoms in total. The van der Waals surface area contributed by atoms with Gasteiger partial charge >= 0.3 is 47.8 Å². The van der Waals surface area contributed by atoms with E-state index in [-0.39, 0.29) is 83.7 Å². The Kier molecular flexibility index (Phi) is 14.5. The summed E-state index contributed by atoms with van der Waals surface area (Å²) in [5, 5.41) is 0. The van der Waals surface area contributed by atoms with E-state index in [0.29, 0.717) is 58.9 Å². The van der Waals surface area contributed by atoms with Crippen LogP contribution >= 0.6 is 0 Å². The van der Waals surface area contributed by atoms with Crippen LogP contribution in [-0.4, -0.2) is 107 Å². The molecule has 2 aromatic carbocycles. The highest BCUT2D eigenvalue weighted by molar-refractivity contribution is 5.80. The molecular weight excluding hydrogens is 837 g/mol. The molecule has 0 aliphatic carbocycles. The van der Waals surface area contributed by atoms with Crippen molar-refractivity contribution in [3.05, 3.63) is 35.4 Å². The first-order valence-corrected chi connectivity index (χ1v) is 21.6. The second kappa shape index (κ2) is 19.5. The Morgan fingerprint density at radius 1 is 0.438 bits per heavy atom. The Hall–Kier alpha value is -5.88. The van der Waals surface area contributed by atoms with Crippen molar-refractivity contribution in [2.45, 2.75) is 155 Å². The van der Waals surface area contributed by atoms with E-state index in [1.807, 2.05) is 0 Å². The maximum atomic E-state index is 13.1. The van der Waals surface area contributed by atoms with E-state index in [0.717, 1.165) is 25.7 Å². The molecule has 0 radical (unpaired) electrons. The second-order valence-corrected chi connectivity index (χ2v) is 17.9. The summed E-state index contributed by atoms with van der Waals surface area (Å²) in [6.45, 7) is 8.18. The highest BCUT2D eigenvalue weighted by Crippen LogP contribution is 2.48. The fourth-order valence-corrected chi connectivity index (χ4v) is 10.4. The number of fused-ring (bicyclic) bond motifs is 4. The van der Waals surface area contributed by atoms with Gasteiger partial charge in [-0.15, -0.1) is 0 Å². The van der Waals surface area contributed by atoms with Gasteiger partial charge in [-0.1, -0.05) is 0 Å². The van der Waals surface area contributed by atoms with Crippen molar-refractivity contribution in [1.82, 2.24) is 0 Å². The number of benzene rings is 2. The minimum atomic E-state index is -0.682. The topological polar surface area (TPSA) is 210 Å². The molecule has 4 saturated heterocycles. The highest BCUT2D eigenvalue weighted by Gasteiger charge is 2.54. The minimum absolute atomic E-state index is 0.0399. The zero-order valence-electron chi connectivity index (χ0n) is 37.7. The SMILES string of the molecule is CC(=O)Oc1cc(C[N+]2(C)[C@@H]3CC[C@H]2CC(OC(=O)CCC(=O)OC2C[C@H]4CC[C@@H](C2)[N+]4(C)Cc2cc(OC(C)=O)c(OC(C)=O)c(OC(C)=O)c2)C3)cc(OC(C)=O)c1OC(C)=O. The number of ether oxygens (including phenoxy) is 8. The first kappa shape index (κ1) is 47.6. The van der Waals surface area contributed by atoms with Crippen molar-refractivity contribution in [2.24, 2.45) is 0 Å². The summed E-state index contributed by atoms with van der Waals surface area (Å²) in [6.07, 6.45) is 5.13. The van der Waals surface area contributed by atoms with Crippen molar-refractivity contribution >= 4 is 47.8 Å². The van der Waals surface area contributed by atoms with Crippen LogP contribution in [0.5, 0.6) is 34.5 Å². The smallest absolute Gasteiger partial charge is 0.308 e. The Morgan fingerprint density at radius 3 is 0.922 bits per heavy atom. The van der Waals surface area contributed by atoms with E-state index in [1.54, 1.807) is 24.3 Å². The van der Waals surface area contributed by atoms with Gasteiger partial charge in [-0.3, -0.25) is 38.4 Å². The van der Waals surface area contributed by atoms with Crippen LogP contribution in [0.15, 0.2) is 24.3 Å². The molecule has 0 amide bonds. The molecule has 8 atom stereocenters. The molecule has 0 aromatic heterocycles. The highest BCUT2D eigenvalue weighted by atomic mass is 16.6. The van der Waals surface area contributed by atoms with Gasteiger partial charge in [-0.05, 0) is 24.3 Å².